The van der Waals surface area contributed by atoms with Gasteiger partial charge in [-0.1, -0.05) is 42.5 Å². The Bertz CT molecular complexity index is 1470. The molecule has 12 heteroatoms. The zero-order valence-electron chi connectivity index (χ0n) is 17.9. The molecular weight excluding hydrogens is 480 g/mol. The van der Waals surface area contributed by atoms with Gasteiger partial charge in [0.05, 0.1) is 27.3 Å². The second-order valence-corrected chi connectivity index (χ2v) is 11.2. The molecule has 0 amide bonds. The minimum absolute atomic E-state index is 0.0104. The van der Waals surface area contributed by atoms with E-state index in [1.54, 1.807) is 36.4 Å². The number of nitro benzene ring substituents is 1. The molecule has 0 radical (unpaired) electrons. The molecular formula is C22H20N4O6S2. The summed E-state index contributed by atoms with van der Waals surface area (Å²) in [4.78, 5) is 11.1. The first-order chi connectivity index (χ1) is 16.1. The zero-order valence-corrected chi connectivity index (χ0v) is 19.5. The van der Waals surface area contributed by atoms with Crippen LogP contribution in [0.25, 0.3) is 0 Å². The van der Waals surface area contributed by atoms with Crippen LogP contribution < -0.4 is 4.72 Å². The van der Waals surface area contributed by atoms with Gasteiger partial charge in [-0.25, -0.2) is 8.42 Å². The second-order valence-electron chi connectivity index (χ2n) is 7.62. The van der Waals surface area contributed by atoms with E-state index in [-0.39, 0.29) is 22.6 Å². The fourth-order valence-electron chi connectivity index (χ4n) is 3.70. The van der Waals surface area contributed by atoms with Crippen LogP contribution in [0.4, 0.5) is 11.4 Å². The number of hydrogen-bond acceptors (Lipinski definition) is 7. The fraction of sp³-hybridized carbons (Fsp3) is 0.136. The predicted molar refractivity (Wildman–Crippen MR) is 127 cm³/mol. The third-order valence-electron chi connectivity index (χ3n) is 5.17. The highest BCUT2D eigenvalue weighted by atomic mass is 32.2. The SMILES string of the molecule is CS(=O)(=O)Nc1ccc(C2=NN(S(=O)(=O)c3ccccc3)[C@@H](c3ccccc3[N+](=O)[O-])C2)cc1. The van der Waals surface area contributed by atoms with Crippen LogP contribution in [0.3, 0.4) is 0 Å². The molecule has 3 aromatic rings. The molecule has 0 spiro atoms. The summed E-state index contributed by atoms with van der Waals surface area (Å²) in [5, 5.41) is 16.0. The molecule has 0 saturated heterocycles. The summed E-state index contributed by atoms with van der Waals surface area (Å²) in [6.45, 7) is 0. The molecule has 34 heavy (non-hydrogen) atoms. The highest BCUT2D eigenvalue weighted by Gasteiger charge is 2.40. The van der Waals surface area contributed by atoms with E-state index in [1.165, 1.54) is 42.5 Å². The summed E-state index contributed by atoms with van der Waals surface area (Å²) in [5.74, 6) is 0. The van der Waals surface area contributed by atoms with Crippen LogP contribution in [0, 0.1) is 10.1 Å². The van der Waals surface area contributed by atoms with Gasteiger partial charge in [0.2, 0.25) is 10.0 Å². The van der Waals surface area contributed by atoms with E-state index >= 15 is 0 Å². The zero-order chi connectivity index (χ0) is 24.5. The van der Waals surface area contributed by atoms with Crippen molar-refractivity contribution in [3.63, 3.8) is 0 Å². The Balaban J connectivity index is 1.79. The molecule has 0 bridgehead atoms. The van der Waals surface area contributed by atoms with Crippen LogP contribution in [-0.4, -0.2) is 38.1 Å². The van der Waals surface area contributed by atoms with Gasteiger partial charge in [-0.3, -0.25) is 14.8 Å². The molecule has 1 atom stereocenters. The summed E-state index contributed by atoms with van der Waals surface area (Å²) in [5.41, 5.74) is 1.32. The summed E-state index contributed by atoms with van der Waals surface area (Å²) < 4.78 is 53.1. The quantitative estimate of drug-likeness (QED) is 0.389. The first kappa shape index (κ1) is 23.4. The normalized spacial score (nSPS) is 16.2. The smallest absolute Gasteiger partial charge is 0.279 e. The van der Waals surface area contributed by atoms with Crippen LogP contribution in [0.15, 0.2) is 88.9 Å². The molecule has 0 unspecified atom stereocenters. The molecule has 1 N–H and O–H groups in total. The van der Waals surface area contributed by atoms with Gasteiger partial charge in [-0.2, -0.15) is 17.9 Å². The maximum absolute atomic E-state index is 13.5. The Kier molecular flexibility index (Phi) is 6.11. The highest BCUT2D eigenvalue weighted by molar-refractivity contribution is 7.92. The molecule has 0 saturated carbocycles. The number of nitro groups is 1. The van der Waals surface area contributed by atoms with E-state index in [0.717, 1.165) is 10.7 Å². The van der Waals surface area contributed by atoms with E-state index in [0.29, 0.717) is 17.0 Å². The first-order valence-electron chi connectivity index (χ1n) is 10.0. The van der Waals surface area contributed by atoms with Crippen molar-refractivity contribution in [3.8, 4) is 0 Å². The van der Waals surface area contributed by atoms with Gasteiger partial charge < -0.3 is 0 Å². The maximum atomic E-state index is 13.5. The summed E-state index contributed by atoms with van der Waals surface area (Å²) in [6, 6.07) is 19.1. The summed E-state index contributed by atoms with van der Waals surface area (Å²) in [6.07, 6.45) is 1.13. The maximum Gasteiger partial charge on any atom is 0.279 e. The largest absolute Gasteiger partial charge is 0.284 e. The molecule has 176 valence electrons. The van der Waals surface area contributed by atoms with Gasteiger partial charge >= 0.3 is 0 Å². The van der Waals surface area contributed by atoms with Gasteiger partial charge in [-0.05, 0) is 35.9 Å². The van der Waals surface area contributed by atoms with Crippen molar-refractivity contribution in [3.05, 3.63) is 100 Å². The van der Waals surface area contributed by atoms with Crippen molar-refractivity contribution in [2.45, 2.75) is 17.4 Å². The summed E-state index contributed by atoms with van der Waals surface area (Å²) in [7, 11) is -7.58. The van der Waals surface area contributed by atoms with Gasteiger partial charge in [0, 0.05) is 18.2 Å². The number of anilines is 1. The van der Waals surface area contributed by atoms with Crippen LogP contribution >= 0.6 is 0 Å². The van der Waals surface area contributed by atoms with Crippen molar-refractivity contribution < 1.29 is 21.8 Å². The molecule has 1 aliphatic heterocycles. The molecule has 10 nitrogen and oxygen atoms in total. The lowest BCUT2D eigenvalue weighted by atomic mass is 9.98. The van der Waals surface area contributed by atoms with Gasteiger partial charge in [0.1, 0.15) is 6.04 Å². The number of para-hydroxylation sites is 1. The predicted octanol–water partition coefficient (Wildman–Crippen LogP) is 3.51. The first-order valence-corrected chi connectivity index (χ1v) is 13.4. The number of rotatable bonds is 7. The Morgan fingerprint density at radius 2 is 1.56 bits per heavy atom. The number of nitrogens with one attached hydrogen (secondary N) is 1. The van der Waals surface area contributed by atoms with Crippen LogP contribution in [0.1, 0.15) is 23.6 Å². The minimum Gasteiger partial charge on any atom is -0.284 e. The topological polar surface area (TPSA) is 139 Å². The van der Waals surface area contributed by atoms with Gasteiger partial charge in [-0.15, -0.1) is 0 Å². The molecule has 3 aromatic carbocycles. The molecule has 4 rings (SSSR count). The molecule has 0 aromatic heterocycles. The van der Waals surface area contributed by atoms with Crippen molar-refractivity contribution in [1.82, 2.24) is 4.41 Å². The van der Waals surface area contributed by atoms with Crippen molar-refractivity contribution in [1.29, 1.82) is 0 Å². The fourth-order valence-corrected chi connectivity index (χ4v) is 5.71. The van der Waals surface area contributed by atoms with E-state index in [1.807, 2.05) is 0 Å². The summed E-state index contributed by atoms with van der Waals surface area (Å²) >= 11 is 0. The third-order valence-corrected chi connectivity index (χ3v) is 7.48. The molecule has 0 fully saturated rings. The van der Waals surface area contributed by atoms with Crippen LogP contribution in [0.2, 0.25) is 0 Å². The molecule has 1 heterocycles. The standard InChI is InChI=1S/C22H20N4O6S2/c1-33(29,30)24-17-13-11-16(12-14-17)20-15-22(19-9-5-6-10-21(19)26(27)28)25(23-20)34(31,32)18-7-3-2-4-8-18/h2-14,22,24H,15H2,1H3/t22-/m1/s1. The van der Waals surface area contributed by atoms with Crippen molar-refractivity contribution in [2.75, 3.05) is 11.0 Å². The van der Waals surface area contributed by atoms with Gasteiger partial charge in [0.15, 0.2) is 0 Å². The van der Waals surface area contributed by atoms with Crippen molar-refractivity contribution >= 4 is 37.1 Å². The van der Waals surface area contributed by atoms with E-state index in [2.05, 4.69) is 9.82 Å². The lowest BCUT2D eigenvalue weighted by Crippen LogP contribution is -2.27. The van der Waals surface area contributed by atoms with E-state index < -0.39 is 31.0 Å². The average Bonchev–Trinajstić information content (AvgIpc) is 3.25. The average molecular weight is 501 g/mol. The number of nitrogens with zero attached hydrogens (tertiary/aromatic N) is 3. The van der Waals surface area contributed by atoms with E-state index in [4.69, 9.17) is 0 Å². The molecule has 0 aliphatic carbocycles. The Labute approximate surface area is 196 Å². The highest BCUT2D eigenvalue weighted by Crippen LogP contribution is 2.40. The lowest BCUT2D eigenvalue weighted by molar-refractivity contribution is -0.385. The Morgan fingerprint density at radius 3 is 2.18 bits per heavy atom. The van der Waals surface area contributed by atoms with E-state index in [9.17, 15) is 26.9 Å². The Morgan fingerprint density at radius 1 is 0.941 bits per heavy atom. The second kappa shape index (κ2) is 8.88. The Hall–Kier alpha value is -3.77. The van der Waals surface area contributed by atoms with Crippen LogP contribution in [-0.2, 0) is 20.0 Å². The van der Waals surface area contributed by atoms with Crippen molar-refractivity contribution in [2.24, 2.45) is 5.10 Å². The third kappa shape index (κ3) is 4.77. The monoisotopic (exact) mass is 500 g/mol. The minimum atomic E-state index is -4.12. The molecule has 1 aliphatic rings. The van der Waals surface area contributed by atoms with Crippen LogP contribution in [0.5, 0.6) is 0 Å². The number of hydrazone groups is 1. The number of sulfonamides is 2. The number of hydrogen-bond donors (Lipinski definition) is 1. The lowest BCUT2D eigenvalue weighted by Gasteiger charge is -2.23. The number of benzene rings is 3. The van der Waals surface area contributed by atoms with Gasteiger partial charge in [0.25, 0.3) is 15.7 Å².